The van der Waals surface area contributed by atoms with E-state index in [-0.39, 0.29) is 61.0 Å². The van der Waals surface area contributed by atoms with Crippen molar-refractivity contribution < 1.29 is 48.7 Å². The van der Waals surface area contributed by atoms with Gasteiger partial charge in [0.1, 0.15) is 17.9 Å². The Kier molecular flexibility index (Phi) is 19.6. The average molecular weight is 866 g/mol. The molecule has 0 radical (unpaired) electrons. The fraction of sp³-hybridized carbons (Fsp3) is 0.725. The van der Waals surface area contributed by atoms with E-state index in [0.717, 1.165) is 30.4 Å². The summed E-state index contributed by atoms with van der Waals surface area (Å²) >= 11 is 0. The molecular weight excluding hydrogens is 787 g/mol. The van der Waals surface area contributed by atoms with E-state index < -0.39 is 59.6 Å². The maximum absolute atomic E-state index is 14.2. The van der Waals surface area contributed by atoms with Gasteiger partial charge in [0.25, 0.3) is 11.7 Å². The van der Waals surface area contributed by atoms with E-state index in [9.17, 15) is 34.5 Å². The highest BCUT2D eigenvalue weighted by molar-refractivity contribution is 6.39. The van der Waals surface area contributed by atoms with Gasteiger partial charge >= 0.3 is 5.97 Å². The van der Waals surface area contributed by atoms with Gasteiger partial charge in [0, 0.05) is 44.2 Å². The molecule has 3 fully saturated rings. The van der Waals surface area contributed by atoms with Crippen LogP contribution in [0, 0.1) is 41.4 Å². The maximum Gasteiger partial charge on any atom is 0.329 e. The van der Waals surface area contributed by atoms with Gasteiger partial charge in [-0.2, -0.15) is 0 Å². The molecule has 3 heterocycles. The van der Waals surface area contributed by atoms with Crippen LogP contribution < -0.4 is 0 Å². The number of Topliss-reactive ketones (excluding diaryl/α,β-unsaturated/α-hetero) is 2. The molecule has 1 amide bonds. The number of aliphatic hydroxyl groups excluding tert-OH is 2. The number of piperidine rings is 1. The van der Waals surface area contributed by atoms with Crippen LogP contribution in [0.25, 0.3) is 0 Å². The largest absolute Gasteiger partial charge is 0.460 e. The third-order valence-electron chi connectivity index (χ3n) is 14.5. The van der Waals surface area contributed by atoms with Crippen LogP contribution in [-0.2, 0) is 33.4 Å². The molecule has 0 aromatic rings. The summed E-state index contributed by atoms with van der Waals surface area (Å²) in [4.78, 5) is 57.7. The summed E-state index contributed by atoms with van der Waals surface area (Å²) in [5.41, 5.74) is 2.54. The number of esters is 1. The monoisotopic (exact) mass is 866 g/mol. The van der Waals surface area contributed by atoms with E-state index in [1.165, 1.54) is 4.90 Å². The van der Waals surface area contributed by atoms with Crippen molar-refractivity contribution in [2.24, 2.45) is 41.4 Å². The lowest BCUT2D eigenvalue weighted by molar-refractivity contribution is -0.265. The Bertz CT molecular complexity index is 1680. The van der Waals surface area contributed by atoms with Crippen molar-refractivity contribution in [3.63, 3.8) is 0 Å². The zero-order chi connectivity index (χ0) is 45.9. The van der Waals surface area contributed by atoms with E-state index >= 15 is 0 Å². The van der Waals surface area contributed by atoms with Crippen molar-refractivity contribution in [1.82, 2.24) is 4.90 Å². The molecule has 0 unspecified atom stereocenters. The number of amides is 1. The lowest BCUT2D eigenvalue weighted by Gasteiger charge is -2.42. The number of ketones is 2. The zero-order valence-corrected chi connectivity index (χ0v) is 39.2. The van der Waals surface area contributed by atoms with E-state index in [1.54, 1.807) is 27.0 Å². The van der Waals surface area contributed by atoms with Gasteiger partial charge in [0.15, 0.2) is 0 Å². The van der Waals surface area contributed by atoms with Crippen LogP contribution in [0.5, 0.6) is 0 Å². The number of carbonyl (C=O) groups excluding carboxylic acids is 4. The fourth-order valence-corrected chi connectivity index (χ4v) is 10.00. The molecule has 0 aromatic heterocycles. The molecule has 62 heavy (non-hydrogen) atoms. The SMILES string of the molecule is C=C1[C@H](C)C[C@H](C)/C=C/C=C/C=C(\C)[C@@H](OC)C[C@@H]2CC[C@@H](C)[C@@](O)(O2)C(=O)C(=O)N2CCCC[C@H]2C(=O)O[C@H](CC[C@@H]2CC[C@@H](O)[C@H](C)C2)CC(=O)[C@H](C)/C=C(\C)[C@@H](O)[C@H]1C. The van der Waals surface area contributed by atoms with Gasteiger partial charge in [-0.05, 0) is 119 Å². The first kappa shape index (κ1) is 51.4. The molecule has 0 aromatic carbocycles. The Morgan fingerprint density at radius 1 is 0.871 bits per heavy atom. The Balaban J connectivity index is 1.66. The molecule has 11 nitrogen and oxygen atoms in total. The number of allylic oxidation sites excluding steroid dienone is 6. The van der Waals surface area contributed by atoms with Gasteiger partial charge in [0.05, 0.1) is 24.4 Å². The molecule has 14 atom stereocenters. The van der Waals surface area contributed by atoms with Crippen LogP contribution in [0.1, 0.15) is 139 Å². The number of nitrogens with zero attached hydrogens (tertiary/aromatic N) is 1. The number of methoxy groups -OCH3 is 1. The second-order valence-electron chi connectivity index (χ2n) is 19.5. The highest BCUT2D eigenvalue weighted by Crippen LogP contribution is 2.38. The Morgan fingerprint density at radius 3 is 2.29 bits per heavy atom. The molecule has 4 aliphatic rings. The molecule has 3 N–H and O–H groups in total. The number of hydrogen-bond donors (Lipinski definition) is 3. The Labute approximate surface area is 372 Å². The highest BCUT2D eigenvalue weighted by Gasteiger charge is 2.53. The smallest absolute Gasteiger partial charge is 0.329 e. The van der Waals surface area contributed by atoms with E-state index in [1.807, 2.05) is 52.0 Å². The van der Waals surface area contributed by atoms with Crippen LogP contribution in [0.3, 0.4) is 0 Å². The molecule has 2 saturated heterocycles. The first-order valence-electron chi connectivity index (χ1n) is 23.5. The second-order valence-corrected chi connectivity index (χ2v) is 19.5. The van der Waals surface area contributed by atoms with Crippen molar-refractivity contribution >= 4 is 23.4 Å². The van der Waals surface area contributed by atoms with Crippen LogP contribution in [-0.4, -0.2) is 99.7 Å². The number of rotatable bonds is 4. The van der Waals surface area contributed by atoms with Crippen molar-refractivity contribution in [2.45, 2.75) is 181 Å². The molecule has 1 saturated carbocycles. The summed E-state index contributed by atoms with van der Waals surface area (Å²) in [6.07, 6.45) is 16.0. The van der Waals surface area contributed by atoms with Crippen LogP contribution in [0.15, 0.2) is 59.8 Å². The molecule has 1 aliphatic carbocycles. The minimum Gasteiger partial charge on any atom is -0.460 e. The van der Waals surface area contributed by atoms with Crippen molar-refractivity contribution in [3.8, 4) is 0 Å². The van der Waals surface area contributed by atoms with Crippen LogP contribution >= 0.6 is 0 Å². The first-order valence-corrected chi connectivity index (χ1v) is 23.5. The average Bonchev–Trinajstić information content (AvgIpc) is 3.24. The topological polar surface area (TPSA) is 160 Å². The predicted octanol–water partition coefficient (Wildman–Crippen LogP) is 8.16. The van der Waals surface area contributed by atoms with Gasteiger partial charge in [-0.15, -0.1) is 0 Å². The second kappa shape index (κ2) is 23.6. The predicted molar refractivity (Wildman–Crippen MR) is 241 cm³/mol. The van der Waals surface area contributed by atoms with E-state index in [4.69, 9.17) is 14.2 Å². The minimum atomic E-state index is -2.39. The Hall–Kier alpha value is -3.22. The normalized spacial score (nSPS) is 41.3. The molecule has 11 heteroatoms. The van der Waals surface area contributed by atoms with Gasteiger partial charge in [-0.3, -0.25) is 14.4 Å². The number of carbonyl (C=O) groups is 4. The van der Waals surface area contributed by atoms with Crippen molar-refractivity contribution in [2.75, 3.05) is 13.7 Å². The molecular formula is C51H79NO10. The summed E-state index contributed by atoms with van der Waals surface area (Å²) in [5.74, 6) is -5.97. The molecule has 3 aliphatic heterocycles. The third-order valence-corrected chi connectivity index (χ3v) is 14.5. The molecule has 2 bridgehead atoms. The van der Waals surface area contributed by atoms with Gasteiger partial charge < -0.3 is 34.4 Å². The summed E-state index contributed by atoms with van der Waals surface area (Å²) in [6, 6.07) is -1.07. The zero-order valence-electron chi connectivity index (χ0n) is 39.2. The highest BCUT2D eigenvalue weighted by atomic mass is 16.6. The standard InChI is InChI=1S/C51H79NO10/c1-31-16-12-11-13-17-32(2)46(60-10)30-42-22-19-37(7)51(59,62-42)48(56)49(57)52-25-15-14-18-43(52)50(58)61-41(23-20-40-21-24-44(53)35(5)28-40)29-45(54)34(4)27-36(6)47(55)39(9)38(8)33(3)26-31/h11-13,16-17,27,31,33-35,37,39-44,46-47,53,55,59H,8,14-15,18-26,28-30H2,1-7,9-10H3/b13-11+,16-12+,32-17+,36-27+/t31-,33-,34-,35-,37-,39+,40-,41-,42+,43+,44-,46+,47-,51-/m1/s1. The lowest BCUT2D eigenvalue weighted by Crippen LogP contribution is -2.60. The van der Waals surface area contributed by atoms with Gasteiger partial charge in [-0.1, -0.05) is 90.2 Å². The van der Waals surface area contributed by atoms with E-state index in [0.29, 0.717) is 62.9 Å². The first-order chi connectivity index (χ1) is 29.3. The van der Waals surface area contributed by atoms with Crippen molar-refractivity contribution in [1.29, 1.82) is 0 Å². The summed E-state index contributed by atoms with van der Waals surface area (Å²) < 4.78 is 18.2. The summed E-state index contributed by atoms with van der Waals surface area (Å²) in [5, 5.41) is 33.7. The molecule has 348 valence electrons. The van der Waals surface area contributed by atoms with Gasteiger partial charge in [0.2, 0.25) is 5.79 Å². The number of ether oxygens (including phenoxy) is 3. The quantitative estimate of drug-likeness (QED) is 0.143. The third kappa shape index (κ3) is 13.6. The maximum atomic E-state index is 14.2. The number of hydrogen-bond acceptors (Lipinski definition) is 10. The van der Waals surface area contributed by atoms with Gasteiger partial charge in [-0.25, -0.2) is 4.79 Å². The lowest BCUT2D eigenvalue weighted by atomic mass is 9.78. The molecule has 4 rings (SSSR count). The number of fused-ring (bicyclic) bond motifs is 3. The summed E-state index contributed by atoms with van der Waals surface area (Å²) in [7, 11) is 1.61. The number of aliphatic hydroxyl groups is 3. The van der Waals surface area contributed by atoms with E-state index in [2.05, 4.69) is 26.5 Å². The van der Waals surface area contributed by atoms with Crippen molar-refractivity contribution in [3.05, 3.63) is 59.8 Å². The minimum absolute atomic E-state index is 0.0548. The van der Waals surface area contributed by atoms with Crippen LogP contribution in [0.2, 0.25) is 0 Å². The number of cyclic esters (lactones) is 1. The molecule has 0 spiro atoms. The fourth-order valence-electron chi connectivity index (χ4n) is 10.00. The van der Waals surface area contributed by atoms with Crippen LogP contribution in [0.4, 0.5) is 0 Å². The summed E-state index contributed by atoms with van der Waals surface area (Å²) in [6.45, 7) is 20.1. The Morgan fingerprint density at radius 2 is 1.60 bits per heavy atom.